The van der Waals surface area contributed by atoms with Crippen molar-refractivity contribution in [3.63, 3.8) is 0 Å². The summed E-state index contributed by atoms with van der Waals surface area (Å²) in [6.07, 6.45) is 3.55. The molecule has 0 spiro atoms. The van der Waals surface area contributed by atoms with E-state index >= 15 is 0 Å². The van der Waals surface area contributed by atoms with Crippen LogP contribution in [0.2, 0.25) is 5.02 Å². The summed E-state index contributed by atoms with van der Waals surface area (Å²) in [7, 11) is 0. The predicted molar refractivity (Wildman–Crippen MR) is 142 cm³/mol. The summed E-state index contributed by atoms with van der Waals surface area (Å²) < 4.78 is 19.0. The Kier molecular flexibility index (Phi) is 8.94. The molecule has 0 bridgehead atoms. The molecule has 190 valence electrons. The van der Waals surface area contributed by atoms with E-state index in [1.807, 2.05) is 6.07 Å². The number of hydrogen-bond donors (Lipinski definition) is 2. The van der Waals surface area contributed by atoms with Gasteiger partial charge in [-0.3, -0.25) is 5.32 Å². The van der Waals surface area contributed by atoms with Crippen LogP contribution >= 0.6 is 23.2 Å². The summed E-state index contributed by atoms with van der Waals surface area (Å²) >= 11 is 12.4. The van der Waals surface area contributed by atoms with Gasteiger partial charge in [0.05, 0.1) is 22.0 Å². The van der Waals surface area contributed by atoms with Gasteiger partial charge in [-0.15, -0.1) is 11.6 Å². The van der Waals surface area contributed by atoms with Gasteiger partial charge in [-0.25, -0.2) is 24.2 Å². The van der Waals surface area contributed by atoms with Crippen molar-refractivity contribution in [1.29, 1.82) is 0 Å². The summed E-state index contributed by atoms with van der Waals surface area (Å²) in [5.74, 6) is 0.398. The first-order valence-corrected chi connectivity index (χ1v) is 12.5. The molecule has 1 amide bonds. The number of ether oxygens (including phenoxy) is 1. The Morgan fingerprint density at radius 1 is 1.37 bits per heavy atom. The van der Waals surface area contributed by atoms with E-state index in [4.69, 9.17) is 32.9 Å². The number of allylic oxidation sites excluding steroid dienone is 2. The van der Waals surface area contributed by atoms with Gasteiger partial charge in [-0.05, 0) is 64.0 Å². The first kappa shape index (κ1) is 27.1. The Morgan fingerprint density at radius 2 is 2.11 bits per heavy atom. The van der Waals surface area contributed by atoms with Crippen LogP contribution in [0.1, 0.15) is 58.9 Å². The average molecular weight is 524 g/mol. The summed E-state index contributed by atoms with van der Waals surface area (Å²) in [6, 6.07) is 5.53. The van der Waals surface area contributed by atoms with Crippen molar-refractivity contribution in [2.75, 3.05) is 5.32 Å². The number of aliphatic imine (C=N–C) groups is 3. The zero-order valence-electron chi connectivity index (χ0n) is 20.6. The first-order chi connectivity index (χ1) is 16.4. The molecule has 10 heteroatoms. The van der Waals surface area contributed by atoms with Crippen LogP contribution < -0.4 is 10.6 Å². The number of anilines is 1. The zero-order valence-corrected chi connectivity index (χ0v) is 22.1. The molecule has 0 saturated heterocycles. The Bertz CT molecular complexity index is 1050. The maximum absolute atomic E-state index is 13.6. The van der Waals surface area contributed by atoms with Gasteiger partial charge in [0.15, 0.2) is 0 Å². The Balaban J connectivity index is 1.87. The molecule has 2 N–H and O–H groups in total. The molecular formula is C25H32Cl2FN5O2. The first-order valence-electron chi connectivity index (χ1n) is 11.6. The van der Waals surface area contributed by atoms with Crippen molar-refractivity contribution in [1.82, 2.24) is 5.32 Å². The molecule has 5 unspecified atom stereocenters. The van der Waals surface area contributed by atoms with Gasteiger partial charge in [0, 0.05) is 24.4 Å². The molecule has 7 nitrogen and oxygen atoms in total. The third-order valence-corrected chi connectivity index (χ3v) is 6.14. The molecule has 3 rings (SSSR count). The number of alkyl halides is 2. The van der Waals surface area contributed by atoms with Crippen molar-refractivity contribution in [2.24, 2.45) is 15.0 Å². The van der Waals surface area contributed by atoms with Crippen molar-refractivity contribution >= 4 is 52.7 Å². The lowest BCUT2D eigenvalue weighted by Crippen LogP contribution is -2.39. The molecule has 1 aliphatic heterocycles. The third kappa shape index (κ3) is 7.77. The topological polar surface area (TPSA) is 87.4 Å². The molecule has 1 aliphatic carbocycles. The lowest BCUT2D eigenvalue weighted by Gasteiger charge is -2.26. The highest BCUT2D eigenvalue weighted by Gasteiger charge is 2.26. The number of nitrogens with one attached hydrogen (secondary N) is 2. The smallest absolute Gasteiger partial charge is 0.412 e. The van der Waals surface area contributed by atoms with Crippen LogP contribution in [-0.4, -0.2) is 53.3 Å². The van der Waals surface area contributed by atoms with Gasteiger partial charge >= 0.3 is 6.09 Å². The highest BCUT2D eigenvalue weighted by Crippen LogP contribution is 2.29. The molecule has 0 aromatic heterocycles. The minimum Gasteiger partial charge on any atom is -0.444 e. The summed E-state index contributed by atoms with van der Waals surface area (Å²) in [4.78, 5) is 26.1. The number of halogens is 3. The van der Waals surface area contributed by atoms with Crippen LogP contribution in [0.15, 0.2) is 45.3 Å². The summed E-state index contributed by atoms with van der Waals surface area (Å²) in [5.41, 5.74) is 1.28. The molecule has 0 radical (unpaired) electrons. The Hall–Kier alpha value is -2.45. The predicted octanol–water partition coefficient (Wildman–Crippen LogP) is 6.27. The SMILES string of the molecule is CCC(C)NC1=NC(N=C2C=CC(F)C(Cl)C2)N=CC1c1ccc(Cl)c(NC(=O)OC(C)(C)C)c1. The molecular weight excluding hydrogens is 492 g/mol. The van der Waals surface area contributed by atoms with E-state index in [9.17, 15) is 9.18 Å². The number of hydrogen-bond acceptors (Lipinski definition) is 6. The van der Waals surface area contributed by atoms with Crippen LogP contribution in [0.3, 0.4) is 0 Å². The van der Waals surface area contributed by atoms with E-state index in [0.29, 0.717) is 28.7 Å². The standard InChI is InChI=1S/C25H32Cl2FN5O2/c1-6-14(2)30-22-17(13-29-23(33-22)31-16-8-10-20(28)19(27)12-16)15-7-9-18(26)21(11-15)32-24(34)35-25(3,4)5/h7-11,13-14,17,19-20,23H,6,12H2,1-5H3,(H,30,33)(H,32,34). The van der Waals surface area contributed by atoms with Gasteiger partial charge < -0.3 is 10.1 Å². The van der Waals surface area contributed by atoms with Crippen molar-refractivity contribution in [3.05, 3.63) is 40.9 Å². The second kappa shape index (κ2) is 11.5. The monoisotopic (exact) mass is 523 g/mol. The second-order valence-corrected chi connectivity index (χ2v) is 10.6. The zero-order chi connectivity index (χ0) is 25.8. The number of amides is 1. The molecule has 1 aromatic carbocycles. The molecule has 35 heavy (non-hydrogen) atoms. The molecule has 5 atom stereocenters. The van der Waals surface area contributed by atoms with Gasteiger partial charge in [0.1, 0.15) is 17.6 Å². The van der Waals surface area contributed by atoms with Crippen LogP contribution in [0, 0.1) is 0 Å². The molecule has 0 saturated carbocycles. The third-order valence-electron chi connectivity index (χ3n) is 5.41. The maximum atomic E-state index is 13.6. The summed E-state index contributed by atoms with van der Waals surface area (Å²) in [5, 5.41) is 5.90. The molecule has 0 fully saturated rings. The van der Waals surface area contributed by atoms with Crippen molar-refractivity contribution in [2.45, 2.75) is 82.9 Å². The van der Waals surface area contributed by atoms with Crippen LogP contribution in [0.4, 0.5) is 14.9 Å². The quantitative estimate of drug-likeness (QED) is 0.445. The number of nitrogens with zero attached hydrogens (tertiary/aromatic N) is 3. The van der Waals surface area contributed by atoms with Crippen LogP contribution in [0.5, 0.6) is 0 Å². The minimum absolute atomic E-state index is 0.164. The van der Waals surface area contributed by atoms with Gasteiger partial charge in [0.25, 0.3) is 0 Å². The van der Waals surface area contributed by atoms with E-state index in [1.54, 1.807) is 45.2 Å². The van der Waals surface area contributed by atoms with E-state index in [-0.39, 0.29) is 12.0 Å². The number of amidine groups is 1. The van der Waals surface area contributed by atoms with E-state index in [0.717, 1.165) is 12.0 Å². The molecule has 1 heterocycles. The fourth-order valence-electron chi connectivity index (χ4n) is 3.45. The van der Waals surface area contributed by atoms with Gasteiger partial charge in [0.2, 0.25) is 6.29 Å². The fourth-order valence-corrected chi connectivity index (χ4v) is 3.86. The lowest BCUT2D eigenvalue weighted by atomic mass is 9.97. The Labute approximate surface area is 215 Å². The van der Waals surface area contributed by atoms with E-state index < -0.39 is 29.5 Å². The maximum Gasteiger partial charge on any atom is 0.412 e. The largest absolute Gasteiger partial charge is 0.444 e. The highest BCUT2D eigenvalue weighted by atomic mass is 35.5. The molecule has 2 aliphatic rings. The normalized spacial score (nSPS) is 26.3. The van der Waals surface area contributed by atoms with Crippen LogP contribution in [-0.2, 0) is 4.74 Å². The Morgan fingerprint density at radius 3 is 2.77 bits per heavy atom. The molecule has 1 aromatic rings. The second-order valence-electron chi connectivity index (χ2n) is 9.60. The summed E-state index contributed by atoms with van der Waals surface area (Å²) in [6.45, 7) is 9.51. The van der Waals surface area contributed by atoms with Gasteiger partial charge in [-0.1, -0.05) is 24.6 Å². The number of carbonyl (C=O) groups is 1. The number of rotatable bonds is 5. The van der Waals surface area contributed by atoms with E-state index in [2.05, 4.69) is 34.5 Å². The van der Waals surface area contributed by atoms with E-state index in [1.165, 1.54) is 6.08 Å². The van der Waals surface area contributed by atoms with Crippen molar-refractivity contribution < 1.29 is 13.9 Å². The minimum atomic E-state index is -1.19. The van der Waals surface area contributed by atoms with Gasteiger partial charge in [-0.2, -0.15) is 0 Å². The highest BCUT2D eigenvalue weighted by molar-refractivity contribution is 6.33. The van der Waals surface area contributed by atoms with Crippen LogP contribution in [0.25, 0.3) is 0 Å². The average Bonchev–Trinajstić information content (AvgIpc) is 2.77. The van der Waals surface area contributed by atoms with Crippen molar-refractivity contribution in [3.8, 4) is 0 Å². The number of benzene rings is 1. The number of carbonyl (C=O) groups excluding carboxylic acids is 1. The fraction of sp³-hybridized carbons (Fsp3) is 0.520. The lowest BCUT2D eigenvalue weighted by molar-refractivity contribution is 0.0636.